The maximum absolute atomic E-state index is 11.7. The summed E-state index contributed by atoms with van der Waals surface area (Å²) in [4.78, 5) is 22.8. The standard InChI is InChI=1S/C13H25NO5/c1-8(2)7-9(13(6,18)10(15)16)14-11(17)19-12(3,4)5/h8-9,18H,7H2,1-6H3,(H,14,17)(H,15,16)/t9-,13?/m0/s1. The Morgan fingerprint density at radius 2 is 1.68 bits per heavy atom. The molecule has 6 nitrogen and oxygen atoms in total. The maximum Gasteiger partial charge on any atom is 0.407 e. The zero-order chi connectivity index (χ0) is 15.4. The SMILES string of the molecule is CC(C)C[C@H](NC(=O)OC(C)(C)C)C(C)(O)C(=O)O. The van der Waals surface area contributed by atoms with Crippen LogP contribution in [-0.2, 0) is 9.53 Å². The minimum Gasteiger partial charge on any atom is -0.479 e. The first-order valence-electron chi connectivity index (χ1n) is 6.31. The number of hydrogen-bond acceptors (Lipinski definition) is 4. The molecule has 0 fully saturated rings. The minimum atomic E-state index is -2.04. The summed E-state index contributed by atoms with van der Waals surface area (Å²) in [6.45, 7) is 10.0. The highest BCUT2D eigenvalue weighted by atomic mass is 16.6. The molecule has 0 rings (SSSR count). The summed E-state index contributed by atoms with van der Waals surface area (Å²) < 4.78 is 5.07. The molecule has 0 aromatic rings. The van der Waals surface area contributed by atoms with Gasteiger partial charge in [0.05, 0.1) is 6.04 Å². The highest BCUT2D eigenvalue weighted by Gasteiger charge is 2.41. The van der Waals surface area contributed by atoms with Crippen LogP contribution in [0.15, 0.2) is 0 Å². The van der Waals surface area contributed by atoms with Crippen LogP contribution in [0.5, 0.6) is 0 Å². The van der Waals surface area contributed by atoms with E-state index in [2.05, 4.69) is 5.32 Å². The van der Waals surface area contributed by atoms with Gasteiger partial charge in [0.2, 0.25) is 0 Å². The molecule has 0 aromatic carbocycles. The lowest BCUT2D eigenvalue weighted by molar-refractivity contribution is -0.160. The quantitative estimate of drug-likeness (QED) is 0.710. The average molecular weight is 275 g/mol. The molecule has 1 amide bonds. The van der Waals surface area contributed by atoms with Gasteiger partial charge in [0.1, 0.15) is 5.60 Å². The second-order valence-corrected chi connectivity index (χ2v) is 6.28. The Balaban J connectivity index is 4.89. The van der Waals surface area contributed by atoms with Gasteiger partial charge in [-0.25, -0.2) is 9.59 Å². The molecule has 0 aliphatic heterocycles. The second-order valence-electron chi connectivity index (χ2n) is 6.28. The van der Waals surface area contributed by atoms with Crippen molar-refractivity contribution >= 4 is 12.1 Å². The predicted octanol–water partition coefficient (Wildman–Crippen LogP) is 1.76. The summed E-state index contributed by atoms with van der Waals surface area (Å²) in [5.74, 6) is -1.26. The van der Waals surface area contributed by atoms with Crippen LogP contribution in [0.25, 0.3) is 0 Å². The van der Waals surface area contributed by atoms with Gasteiger partial charge in [-0.2, -0.15) is 0 Å². The molecule has 0 aliphatic rings. The van der Waals surface area contributed by atoms with Gasteiger partial charge in [-0.1, -0.05) is 13.8 Å². The lowest BCUT2D eigenvalue weighted by Gasteiger charge is -2.32. The van der Waals surface area contributed by atoms with E-state index in [0.29, 0.717) is 6.42 Å². The first kappa shape index (κ1) is 17.7. The Bertz CT molecular complexity index is 330. The van der Waals surface area contributed by atoms with Crippen molar-refractivity contribution in [3.05, 3.63) is 0 Å². The van der Waals surface area contributed by atoms with Crippen LogP contribution in [-0.4, -0.2) is 39.5 Å². The second kappa shape index (κ2) is 6.23. The third kappa shape index (κ3) is 6.42. The van der Waals surface area contributed by atoms with Crippen molar-refractivity contribution < 1.29 is 24.5 Å². The molecule has 2 atom stereocenters. The van der Waals surface area contributed by atoms with E-state index in [0.717, 1.165) is 0 Å². The van der Waals surface area contributed by atoms with Crippen LogP contribution in [0, 0.1) is 5.92 Å². The number of carbonyl (C=O) groups excluding carboxylic acids is 1. The minimum absolute atomic E-state index is 0.116. The molecule has 0 saturated carbocycles. The fraction of sp³-hybridized carbons (Fsp3) is 0.846. The van der Waals surface area contributed by atoms with E-state index in [1.165, 1.54) is 6.92 Å². The number of ether oxygens (including phenoxy) is 1. The largest absolute Gasteiger partial charge is 0.479 e. The Morgan fingerprint density at radius 1 is 1.21 bits per heavy atom. The number of rotatable bonds is 5. The molecule has 0 aromatic heterocycles. The number of aliphatic carboxylic acids is 1. The Labute approximate surface area is 114 Å². The van der Waals surface area contributed by atoms with E-state index in [9.17, 15) is 14.7 Å². The first-order chi connectivity index (χ1) is 8.36. The van der Waals surface area contributed by atoms with Gasteiger partial charge in [-0.05, 0) is 40.0 Å². The number of carbonyl (C=O) groups is 2. The highest BCUT2D eigenvalue weighted by Crippen LogP contribution is 2.19. The van der Waals surface area contributed by atoms with E-state index in [4.69, 9.17) is 9.84 Å². The zero-order valence-corrected chi connectivity index (χ0v) is 12.5. The molecule has 0 aliphatic carbocycles. The molecule has 0 radical (unpaired) electrons. The van der Waals surface area contributed by atoms with E-state index < -0.39 is 29.3 Å². The zero-order valence-electron chi connectivity index (χ0n) is 12.5. The van der Waals surface area contributed by atoms with Crippen LogP contribution in [0.1, 0.15) is 48.0 Å². The van der Waals surface area contributed by atoms with Crippen molar-refractivity contribution in [1.29, 1.82) is 0 Å². The number of nitrogens with one attached hydrogen (secondary N) is 1. The molecule has 3 N–H and O–H groups in total. The number of aliphatic hydroxyl groups is 1. The summed E-state index contributed by atoms with van der Waals surface area (Å²) in [6, 6.07) is -0.917. The number of carboxylic acids is 1. The lowest BCUT2D eigenvalue weighted by atomic mass is 9.89. The molecule has 0 bridgehead atoms. The topological polar surface area (TPSA) is 95.9 Å². The summed E-state index contributed by atoms with van der Waals surface area (Å²) in [5, 5.41) is 21.4. The smallest absolute Gasteiger partial charge is 0.407 e. The first-order valence-corrected chi connectivity index (χ1v) is 6.31. The average Bonchev–Trinajstić information content (AvgIpc) is 2.12. The number of hydrogen-bond donors (Lipinski definition) is 3. The van der Waals surface area contributed by atoms with Crippen LogP contribution >= 0.6 is 0 Å². The number of amides is 1. The van der Waals surface area contributed by atoms with E-state index >= 15 is 0 Å². The van der Waals surface area contributed by atoms with Crippen molar-refractivity contribution in [3.63, 3.8) is 0 Å². The maximum atomic E-state index is 11.7. The van der Waals surface area contributed by atoms with Gasteiger partial charge in [0, 0.05) is 0 Å². The molecule has 0 heterocycles. The molecule has 19 heavy (non-hydrogen) atoms. The predicted molar refractivity (Wildman–Crippen MR) is 70.9 cm³/mol. The van der Waals surface area contributed by atoms with Crippen molar-refractivity contribution in [2.75, 3.05) is 0 Å². The van der Waals surface area contributed by atoms with Crippen molar-refractivity contribution in [2.24, 2.45) is 5.92 Å². The van der Waals surface area contributed by atoms with Crippen LogP contribution < -0.4 is 5.32 Å². The van der Waals surface area contributed by atoms with Crippen molar-refractivity contribution in [3.8, 4) is 0 Å². The summed E-state index contributed by atoms with van der Waals surface area (Å²) in [7, 11) is 0. The summed E-state index contributed by atoms with van der Waals surface area (Å²) >= 11 is 0. The molecule has 1 unspecified atom stereocenters. The highest BCUT2D eigenvalue weighted by molar-refractivity contribution is 5.79. The third-order valence-corrected chi connectivity index (χ3v) is 2.51. The lowest BCUT2D eigenvalue weighted by Crippen LogP contribution is -2.56. The molecular formula is C13H25NO5. The van der Waals surface area contributed by atoms with Crippen molar-refractivity contribution in [2.45, 2.75) is 65.2 Å². The normalized spacial score (nSPS) is 16.6. The van der Waals surface area contributed by atoms with Crippen LogP contribution in [0.4, 0.5) is 4.79 Å². The van der Waals surface area contributed by atoms with Gasteiger partial charge < -0.3 is 20.3 Å². The number of carboxylic acid groups (broad SMARTS) is 1. The fourth-order valence-electron chi connectivity index (χ4n) is 1.50. The van der Waals surface area contributed by atoms with Crippen molar-refractivity contribution in [1.82, 2.24) is 5.32 Å². The molecule has 0 saturated heterocycles. The van der Waals surface area contributed by atoms with E-state index in [-0.39, 0.29) is 5.92 Å². The van der Waals surface area contributed by atoms with Crippen LogP contribution in [0.2, 0.25) is 0 Å². The molecule has 112 valence electrons. The molecular weight excluding hydrogens is 250 g/mol. The fourth-order valence-corrected chi connectivity index (χ4v) is 1.50. The third-order valence-electron chi connectivity index (χ3n) is 2.51. The Kier molecular flexibility index (Phi) is 5.81. The monoisotopic (exact) mass is 275 g/mol. The van der Waals surface area contributed by atoms with E-state index in [1.807, 2.05) is 13.8 Å². The Morgan fingerprint density at radius 3 is 2.00 bits per heavy atom. The van der Waals surface area contributed by atoms with Gasteiger partial charge in [-0.3, -0.25) is 0 Å². The van der Waals surface area contributed by atoms with Gasteiger partial charge in [0.25, 0.3) is 0 Å². The number of alkyl carbamates (subject to hydrolysis) is 1. The van der Waals surface area contributed by atoms with Gasteiger partial charge in [0.15, 0.2) is 5.60 Å². The van der Waals surface area contributed by atoms with Gasteiger partial charge in [-0.15, -0.1) is 0 Å². The summed E-state index contributed by atoms with van der Waals surface area (Å²) in [5.41, 5.74) is -2.72. The van der Waals surface area contributed by atoms with E-state index in [1.54, 1.807) is 20.8 Å². The van der Waals surface area contributed by atoms with Crippen LogP contribution in [0.3, 0.4) is 0 Å². The van der Waals surface area contributed by atoms with Gasteiger partial charge >= 0.3 is 12.1 Å². The molecule has 6 heteroatoms. The summed E-state index contributed by atoms with van der Waals surface area (Å²) in [6.07, 6.45) is -0.405. The molecule has 0 spiro atoms. The Hall–Kier alpha value is -1.30.